The Labute approximate surface area is 199 Å². The molecule has 1 amide bonds. The molecule has 3 aromatic rings. The number of benzene rings is 1. The van der Waals surface area contributed by atoms with Crippen molar-refractivity contribution in [2.75, 3.05) is 44.7 Å². The van der Waals surface area contributed by atoms with Crippen LogP contribution in [0.3, 0.4) is 0 Å². The van der Waals surface area contributed by atoms with Gasteiger partial charge in [-0.2, -0.15) is 0 Å². The van der Waals surface area contributed by atoms with Gasteiger partial charge in [0.1, 0.15) is 17.4 Å². The van der Waals surface area contributed by atoms with E-state index >= 15 is 0 Å². The van der Waals surface area contributed by atoms with Gasteiger partial charge in [-0.3, -0.25) is 9.69 Å². The van der Waals surface area contributed by atoms with Gasteiger partial charge in [0, 0.05) is 37.3 Å². The largest absolute Gasteiger partial charge is 0.379 e. The predicted molar refractivity (Wildman–Crippen MR) is 132 cm³/mol. The number of ether oxygens (including phenoxy) is 1. The van der Waals surface area contributed by atoms with Gasteiger partial charge in [-0.1, -0.05) is 24.3 Å². The Morgan fingerprint density at radius 1 is 1.21 bits per heavy atom. The number of primary amides is 1. The lowest BCUT2D eigenvalue weighted by Crippen LogP contribution is -2.38. The number of amides is 1. The van der Waals surface area contributed by atoms with E-state index < -0.39 is 5.91 Å². The van der Waals surface area contributed by atoms with Gasteiger partial charge < -0.3 is 21.1 Å². The Morgan fingerprint density at radius 3 is 2.71 bits per heavy atom. The maximum absolute atomic E-state index is 12.3. The summed E-state index contributed by atoms with van der Waals surface area (Å²) in [4.78, 5) is 28.4. The van der Waals surface area contributed by atoms with Crippen molar-refractivity contribution in [3.8, 4) is 11.3 Å². The molecule has 4 heterocycles. The number of aromatic nitrogens is 3. The molecule has 0 radical (unpaired) electrons. The summed E-state index contributed by atoms with van der Waals surface area (Å²) in [5.41, 5.74) is 9.93. The van der Waals surface area contributed by atoms with Gasteiger partial charge in [0.2, 0.25) is 0 Å². The van der Waals surface area contributed by atoms with Crippen molar-refractivity contribution in [2.45, 2.75) is 31.8 Å². The molecule has 5 rings (SSSR count). The second-order valence-corrected chi connectivity index (χ2v) is 8.97. The van der Waals surface area contributed by atoms with Crippen LogP contribution < -0.4 is 16.4 Å². The third-order valence-electron chi connectivity index (χ3n) is 6.78. The van der Waals surface area contributed by atoms with E-state index in [1.165, 1.54) is 11.9 Å². The maximum Gasteiger partial charge on any atom is 0.251 e. The average Bonchev–Trinajstić information content (AvgIpc) is 2.89. The molecule has 1 aromatic carbocycles. The zero-order chi connectivity index (χ0) is 23.5. The zero-order valence-electron chi connectivity index (χ0n) is 19.5. The normalized spacial score (nSPS) is 20.2. The summed E-state index contributed by atoms with van der Waals surface area (Å²) in [6, 6.07) is 10.6. The first-order chi connectivity index (χ1) is 16.6. The molecule has 0 saturated carbocycles. The van der Waals surface area contributed by atoms with Crippen LogP contribution in [-0.2, 0) is 4.74 Å². The van der Waals surface area contributed by atoms with Crippen LogP contribution in [0.1, 0.15) is 41.7 Å². The van der Waals surface area contributed by atoms with E-state index in [0.717, 1.165) is 57.8 Å². The van der Waals surface area contributed by atoms with E-state index in [4.69, 9.17) is 15.5 Å². The number of nitrogens with two attached hydrogens (primary N) is 1. The lowest BCUT2D eigenvalue weighted by molar-refractivity contribution is 0.0198. The summed E-state index contributed by atoms with van der Waals surface area (Å²) in [6.07, 6.45) is 3.60. The lowest BCUT2D eigenvalue weighted by atomic mass is 10.0. The second-order valence-electron chi connectivity index (χ2n) is 8.97. The Kier molecular flexibility index (Phi) is 6.66. The minimum atomic E-state index is -0.532. The smallest absolute Gasteiger partial charge is 0.251 e. The summed E-state index contributed by atoms with van der Waals surface area (Å²) in [7, 11) is 0. The third kappa shape index (κ3) is 4.72. The van der Waals surface area contributed by atoms with Crippen LogP contribution in [0, 0.1) is 0 Å². The number of fused-ring (bicyclic) bond motifs is 1. The number of rotatable bonds is 6. The van der Waals surface area contributed by atoms with Crippen LogP contribution in [0.2, 0.25) is 0 Å². The number of hydrogen-bond donors (Lipinski definition) is 3. The van der Waals surface area contributed by atoms with Crippen molar-refractivity contribution in [1.82, 2.24) is 25.2 Å². The SMILES string of the molecule is C[C@@H](c1ccc(-c2cc(C(N)=O)c3ncnc(N[C@H]4CCCNC4)c3n2)cc1)N1CCOCC1. The van der Waals surface area contributed by atoms with E-state index in [0.29, 0.717) is 34.2 Å². The third-order valence-corrected chi connectivity index (χ3v) is 6.78. The highest BCUT2D eigenvalue weighted by Gasteiger charge is 2.21. The molecule has 2 aliphatic heterocycles. The molecule has 9 nitrogen and oxygen atoms in total. The van der Waals surface area contributed by atoms with Gasteiger partial charge in [0.15, 0.2) is 5.82 Å². The Balaban J connectivity index is 1.48. The number of pyridine rings is 1. The molecule has 2 atom stereocenters. The molecule has 9 heteroatoms. The van der Waals surface area contributed by atoms with Crippen LogP contribution in [0.25, 0.3) is 22.3 Å². The van der Waals surface area contributed by atoms with Crippen LogP contribution >= 0.6 is 0 Å². The van der Waals surface area contributed by atoms with Gasteiger partial charge in [0.25, 0.3) is 5.91 Å². The fraction of sp³-hybridized carbons (Fsp3) is 0.440. The Morgan fingerprint density at radius 2 is 2.00 bits per heavy atom. The van der Waals surface area contributed by atoms with E-state index in [9.17, 15) is 4.79 Å². The summed E-state index contributed by atoms with van der Waals surface area (Å²) in [5.74, 6) is 0.0933. The number of carbonyl (C=O) groups excluding carboxylic acids is 1. The zero-order valence-corrected chi connectivity index (χ0v) is 19.5. The monoisotopic (exact) mass is 461 g/mol. The van der Waals surface area contributed by atoms with Gasteiger partial charge in [-0.25, -0.2) is 15.0 Å². The van der Waals surface area contributed by atoms with E-state index in [1.807, 2.05) is 12.1 Å². The topological polar surface area (TPSA) is 118 Å². The summed E-state index contributed by atoms with van der Waals surface area (Å²) < 4.78 is 5.48. The fourth-order valence-electron chi connectivity index (χ4n) is 4.76. The van der Waals surface area contributed by atoms with Crippen LogP contribution in [0.5, 0.6) is 0 Å². The van der Waals surface area contributed by atoms with Crippen molar-refractivity contribution >= 4 is 22.8 Å². The van der Waals surface area contributed by atoms with Gasteiger partial charge in [-0.15, -0.1) is 0 Å². The predicted octanol–water partition coefficient (Wildman–Crippen LogP) is 2.35. The molecule has 34 heavy (non-hydrogen) atoms. The molecule has 0 aliphatic carbocycles. The minimum Gasteiger partial charge on any atom is -0.379 e. The van der Waals surface area contributed by atoms with Crippen LogP contribution in [-0.4, -0.2) is 71.2 Å². The molecular weight excluding hydrogens is 430 g/mol. The second kappa shape index (κ2) is 10.0. The lowest BCUT2D eigenvalue weighted by Gasteiger charge is -2.32. The summed E-state index contributed by atoms with van der Waals surface area (Å²) in [5, 5.41) is 6.88. The van der Waals surface area contributed by atoms with E-state index in [-0.39, 0.29) is 6.04 Å². The summed E-state index contributed by atoms with van der Waals surface area (Å²) in [6.45, 7) is 7.51. The highest BCUT2D eigenvalue weighted by atomic mass is 16.5. The number of carbonyl (C=O) groups is 1. The maximum atomic E-state index is 12.3. The standard InChI is InChI=1S/C25H31N7O2/c1-16(32-9-11-34-12-10-32)17-4-6-18(7-5-17)21-13-20(24(26)33)22-23(31-21)25(29-15-28-22)30-19-3-2-8-27-14-19/h4-7,13,15-16,19,27H,2-3,8-12,14H2,1H3,(H2,26,33)(H,28,29,30)/t16-,19-/m0/s1. The molecule has 2 aromatic heterocycles. The Hall–Kier alpha value is -3.14. The van der Waals surface area contributed by atoms with Gasteiger partial charge >= 0.3 is 0 Å². The van der Waals surface area contributed by atoms with Crippen LogP contribution in [0.4, 0.5) is 5.82 Å². The number of morpholine rings is 1. The highest BCUT2D eigenvalue weighted by Crippen LogP contribution is 2.29. The van der Waals surface area contributed by atoms with Crippen molar-refractivity contribution in [1.29, 1.82) is 0 Å². The van der Waals surface area contributed by atoms with Gasteiger partial charge in [-0.05, 0) is 37.9 Å². The minimum absolute atomic E-state index is 0.246. The number of anilines is 1. The fourth-order valence-corrected chi connectivity index (χ4v) is 4.76. The molecule has 0 spiro atoms. The molecule has 2 saturated heterocycles. The van der Waals surface area contributed by atoms with Crippen molar-refractivity contribution in [2.24, 2.45) is 5.73 Å². The summed E-state index contributed by atoms with van der Waals surface area (Å²) >= 11 is 0. The molecule has 2 aliphatic rings. The molecule has 0 bridgehead atoms. The molecular formula is C25H31N7O2. The molecule has 4 N–H and O–H groups in total. The van der Waals surface area contributed by atoms with Crippen molar-refractivity contribution < 1.29 is 9.53 Å². The van der Waals surface area contributed by atoms with Crippen molar-refractivity contribution in [3.05, 3.63) is 47.8 Å². The van der Waals surface area contributed by atoms with E-state index in [2.05, 4.69) is 44.6 Å². The quantitative estimate of drug-likeness (QED) is 0.512. The first kappa shape index (κ1) is 22.6. The molecule has 2 fully saturated rings. The van der Waals surface area contributed by atoms with E-state index in [1.54, 1.807) is 6.07 Å². The van der Waals surface area contributed by atoms with Gasteiger partial charge in [0.05, 0.1) is 24.5 Å². The first-order valence-corrected chi connectivity index (χ1v) is 11.9. The number of nitrogens with zero attached hydrogens (tertiary/aromatic N) is 4. The number of nitrogens with one attached hydrogen (secondary N) is 2. The van der Waals surface area contributed by atoms with Crippen molar-refractivity contribution in [3.63, 3.8) is 0 Å². The number of piperidine rings is 1. The highest BCUT2D eigenvalue weighted by molar-refractivity contribution is 6.06. The average molecular weight is 462 g/mol. The molecule has 178 valence electrons. The van der Waals surface area contributed by atoms with Crippen LogP contribution in [0.15, 0.2) is 36.7 Å². The first-order valence-electron chi connectivity index (χ1n) is 11.9. The number of hydrogen-bond acceptors (Lipinski definition) is 8. The Bertz CT molecular complexity index is 1160. The molecule has 0 unspecified atom stereocenters.